The number of nitrogens with zero attached hydrogens (tertiary/aromatic N) is 1. The largest absolute Gasteiger partial charge is 0.464 e. The second-order valence-corrected chi connectivity index (χ2v) is 9.04. The van der Waals surface area contributed by atoms with Crippen molar-refractivity contribution in [1.29, 1.82) is 0 Å². The third-order valence-corrected chi connectivity index (χ3v) is 5.80. The van der Waals surface area contributed by atoms with E-state index in [4.69, 9.17) is 18.9 Å². The number of hydrogen-bond donors (Lipinski definition) is 0. The number of hydrogen-bond acceptors (Lipinski definition) is 9. The van der Waals surface area contributed by atoms with Crippen molar-refractivity contribution < 1.29 is 38.1 Å². The molecule has 0 bridgehead atoms. The van der Waals surface area contributed by atoms with Gasteiger partial charge in [-0.05, 0) is 38.6 Å². The molecule has 0 aliphatic carbocycles. The number of esters is 4. The second kappa shape index (κ2) is 17.3. The van der Waals surface area contributed by atoms with Crippen LogP contribution in [0.5, 0.6) is 0 Å². The minimum Gasteiger partial charge on any atom is -0.464 e. The smallest absolute Gasteiger partial charge is 0.306 e. The molecular formula is C26H45NO8. The molecule has 0 saturated carbocycles. The highest BCUT2D eigenvalue weighted by Gasteiger charge is 2.50. The van der Waals surface area contributed by atoms with Crippen molar-refractivity contribution in [2.45, 2.75) is 123 Å². The Hall–Kier alpha value is -2.16. The quantitative estimate of drug-likeness (QED) is 0.230. The molecule has 1 rings (SSSR count). The van der Waals surface area contributed by atoms with E-state index in [-0.39, 0.29) is 44.8 Å². The van der Waals surface area contributed by atoms with Crippen molar-refractivity contribution in [3.63, 3.8) is 0 Å². The molecule has 0 N–H and O–H groups in total. The predicted octanol–water partition coefficient (Wildman–Crippen LogP) is 3.95. The van der Waals surface area contributed by atoms with Gasteiger partial charge in [0.15, 0.2) is 18.3 Å². The average Bonchev–Trinajstić information content (AvgIpc) is 2.79. The monoisotopic (exact) mass is 499 g/mol. The van der Waals surface area contributed by atoms with E-state index in [2.05, 4.69) is 6.92 Å². The van der Waals surface area contributed by atoms with Crippen molar-refractivity contribution in [3.8, 4) is 0 Å². The number of rotatable bonds is 16. The van der Waals surface area contributed by atoms with Gasteiger partial charge in [0.05, 0.1) is 6.04 Å². The van der Waals surface area contributed by atoms with Crippen molar-refractivity contribution in [2.75, 3.05) is 19.7 Å². The van der Waals surface area contributed by atoms with Gasteiger partial charge in [0.25, 0.3) is 0 Å². The van der Waals surface area contributed by atoms with E-state index in [1.54, 1.807) is 0 Å². The minimum atomic E-state index is -0.983. The molecule has 1 aliphatic rings. The number of ether oxygens (including phenoxy) is 4. The highest BCUT2D eigenvalue weighted by atomic mass is 16.6. The first-order valence-electron chi connectivity index (χ1n) is 13.3. The van der Waals surface area contributed by atoms with Crippen LogP contribution in [0, 0.1) is 0 Å². The fourth-order valence-electron chi connectivity index (χ4n) is 4.04. The van der Waals surface area contributed by atoms with E-state index in [9.17, 15) is 19.2 Å². The summed E-state index contributed by atoms with van der Waals surface area (Å²) in [6.07, 6.45) is 2.43. The zero-order valence-electron chi connectivity index (χ0n) is 22.2. The van der Waals surface area contributed by atoms with E-state index in [0.717, 1.165) is 12.8 Å². The van der Waals surface area contributed by atoms with E-state index in [0.29, 0.717) is 32.2 Å². The molecule has 35 heavy (non-hydrogen) atoms. The Bertz CT molecular complexity index is 668. The van der Waals surface area contributed by atoms with Gasteiger partial charge in [0.1, 0.15) is 6.61 Å². The van der Waals surface area contributed by atoms with Crippen molar-refractivity contribution in [3.05, 3.63) is 0 Å². The van der Waals surface area contributed by atoms with Crippen LogP contribution in [0.3, 0.4) is 0 Å². The van der Waals surface area contributed by atoms with Crippen molar-refractivity contribution in [2.24, 2.45) is 0 Å². The predicted molar refractivity (Wildman–Crippen MR) is 131 cm³/mol. The molecule has 1 heterocycles. The lowest BCUT2D eigenvalue weighted by atomic mass is 9.92. The van der Waals surface area contributed by atoms with Gasteiger partial charge in [-0.3, -0.25) is 24.1 Å². The Morgan fingerprint density at radius 1 is 0.657 bits per heavy atom. The van der Waals surface area contributed by atoms with Gasteiger partial charge in [0.2, 0.25) is 0 Å². The standard InChI is InChI=1S/C26H45NO8/c1-6-11-16-27-17-20(33-22(29)13-8-3)26(35-24(31)15-10-5)25(34-23(30)14-9-4)19(27)18-32-21(28)12-7-2/h19-20,25-26H,6-18H2,1-5H3/t19-,20?,25-,26-/m1/s1. The van der Waals surface area contributed by atoms with Crippen LogP contribution >= 0.6 is 0 Å². The van der Waals surface area contributed by atoms with Crippen LogP contribution in [0.25, 0.3) is 0 Å². The molecule has 9 nitrogen and oxygen atoms in total. The number of likely N-dealkylation sites (tertiary alicyclic amines) is 1. The maximum absolute atomic E-state index is 12.6. The molecule has 0 amide bonds. The molecule has 9 heteroatoms. The fourth-order valence-corrected chi connectivity index (χ4v) is 4.04. The Labute approximate surface area is 210 Å². The van der Waals surface area contributed by atoms with Gasteiger partial charge >= 0.3 is 23.9 Å². The lowest BCUT2D eigenvalue weighted by Gasteiger charge is -2.47. The van der Waals surface area contributed by atoms with Crippen molar-refractivity contribution in [1.82, 2.24) is 4.90 Å². The summed E-state index contributed by atoms with van der Waals surface area (Å²) >= 11 is 0. The Morgan fingerprint density at radius 2 is 1.14 bits per heavy atom. The molecule has 1 fully saturated rings. The lowest BCUT2D eigenvalue weighted by molar-refractivity contribution is -0.210. The number of piperidine rings is 1. The summed E-state index contributed by atoms with van der Waals surface area (Å²) in [5.41, 5.74) is 0. The minimum absolute atomic E-state index is 0.00985. The third kappa shape index (κ3) is 11.0. The summed E-state index contributed by atoms with van der Waals surface area (Å²) in [4.78, 5) is 51.8. The molecule has 0 aromatic carbocycles. The molecule has 1 saturated heterocycles. The highest BCUT2D eigenvalue weighted by molar-refractivity contribution is 5.72. The number of unbranched alkanes of at least 4 members (excludes halogenated alkanes) is 1. The summed E-state index contributed by atoms with van der Waals surface area (Å²) in [5.74, 6) is -1.61. The van der Waals surface area contributed by atoms with E-state index in [1.807, 2.05) is 32.6 Å². The van der Waals surface area contributed by atoms with Gasteiger partial charge in [-0.25, -0.2) is 0 Å². The maximum Gasteiger partial charge on any atom is 0.306 e. The van der Waals surface area contributed by atoms with Gasteiger partial charge in [-0.1, -0.05) is 41.0 Å². The van der Waals surface area contributed by atoms with Gasteiger partial charge in [-0.15, -0.1) is 0 Å². The molecular weight excluding hydrogens is 454 g/mol. The molecule has 1 aliphatic heterocycles. The van der Waals surface area contributed by atoms with Gasteiger partial charge in [0, 0.05) is 32.2 Å². The molecule has 0 aromatic rings. The summed E-state index contributed by atoms with van der Waals surface area (Å²) < 4.78 is 23.0. The zero-order chi connectivity index (χ0) is 26.2. The first-order valence-corrected chi connectivity index (χ1v) is 13.3. The fraction of sp³-hybridized carbons (Fsp3) is 0.846. The second-order valence-electron chi connectivity index (χ2n) is 9.04. The maximum atomic E-state index is 12.6. The highest BCUT2D eigenvalue weighted by Crippen LogP contribution is 2.28. The summed E-state index contributed by atoms with van der Waals surface area (Å²) in [6, 6.07) is -0.524. The van der Waals surface area contributed by atoms with E-state index >= 15 is 0 Å². The van der Waals surface area contributed by atoms with Crippen LogP contribution in [0.2, 0.25) is 0 Å². The Morgan fingerprint density at radius 3 is 1.66 bits per heavy atom. The topological polar surface area (TPSA) is 108 Å². The lowest BCUT2D eigenvalue weighted by Crippen LogP contribution is -2.65. The average molecular weight is 500 g/mol. The Kier molecular flexibility index (Phi) is 15.3. The van der Waals surface area contributed by atoms with Crippen LogP contribution in [-0.4, -0.2) is 72.8 Å². The molecule has 0 radical (unpaired) electrons. The van der Waals surface area contributed by atoms with Crippen LogP contribution in [0.4, 0.5) is 0 Å². The Balaban J connectivity index is 3.36. The van der Waals surface area contributed by atoms with Crippen LogP contribution in [0.1, 0.15) is 98.8 Å². The normalized spacial score (nSPS) is 22.3. The van der Waals surface area contributed by atoms with Gasteiger partial charge in [-0.2, -0.15) is 0 Å². The summed E-state index contributed by atoms with van der Waals surface area (Å²) in [5, 5.41) is 0. The molecule has 0 spiro atoms. The molecule has 4 atom stereocenters. The summed E-state index contributed by atoms with van der Waals surface area (Å²) in [7, 11) is 0. The first kappa shape index (κ1) is 30.9. The zero-order valence-corrected chi connectivity index (χ0v) is 22.2. The van der Waals surface area contributed by atoms with E-state index in [1.165, 1.54) is 0 Å². The van der Waals surface area contributed by atoms with Crippen LogP contribution in [-0.2, 0) is 38.1 Å². The van der Waals surface area contributed by atoms with Crippen LogP contribution < -0.4 is 0 Å². The van der Waals surface area contributed by atoms with Gasteiger partial charge < -0.3 is 18.9 Å². The number of carbonyl (C=O) groups excluding carboxylic acids is 4. The molecule has 1 unspecified atom stereocenters. The van der Waals surface area contributed by atoms with Crippen LogP contribution in [0.15, 0.2) is 0 Å². The summed E-state index contributed by atoms with van der Waals surface area (Å²) in [6.45, 7) is 10.5. The number of carbonyl (C=O) groups is 4. The van der Waals surface area contributed by atoms with E-state index < -0.39 is 42.3 Å². The molecule has 0 aromatic heterocycles. The van der Waals surface area contributed by atoms with Crippen molar-refractivity contribution >= 4 is 23.9 Å². The third-order valence-electron chi connectivity index (χ3n) is 5.80. The first-order chi connectivity index (χ1) is 16.8. The SMILES string of the molecule is CCCCN1CC(OC(=O)CCC)[C@@H](OC(=O)CCC)[C@H](OC(=O)CCC)[C@H]1COC(=O)CCC. The molecule has 202 valence electrons.